The number of rotatable bonds is 2. The van der Waals surface area contributed by atoms with Gasteiger partial charge in [-0.25, -0.2) is 0 Å². The monoisotopic (exact) mass is 157 g/mol. The first-order valence-electron chi connectivity index (χ1n) is 4.02. The Labute approximate surface area is 67.0 Å². The van der Waals surface area contributed by atoms with E-state index in [1.165, 1.54) is 0 Å². The quantitative estimate of drug-likeness (QED) is 0.644. The van der Waals surface area contributed by atoms with Gasteiger partial charge in [0.25, 0.3) is 0 Å². The molecule has 3 nitrogen and oxygen atoms in total. The standard InChI is InChI=1S/C8H15NO2/c1-9(2)7-5-3-4-6(7)8(10)11/h6-7H,3-5H2,1-2H3,(H,10,11)/t6-,7+/m1/s1. The van der Waals surface area contributed by atoms with Crippen LogP contribution in [0, 0.1) is 5.92 Å². The molecule has 0 bridgehead atoms. The fourth-order valence-electron chi connectivity index (χ4n) is 1.85. The van der Waals surface area contributed by atoms with Crippen molar-refractivity contribution in [1.29, 1.82) is 0 Å². The summed E-state index contributed by atoms with van der Waals surface area (Å²) in [6, 6.07) is 0.257. The lowest BCUT2D eigenvalue weighted by Crippen LogP contribution is -2.35. The third-order valence-corrected chi connectivity index (χ3v) is 2.46. The highest BCUT2D eigenvalue weighted by molar-refractivity contribution is 5.71. The third-order valence-electron chi connectivity index (χ3n) is 2.46. The fourth-order valence-corrected chi connectivity index (χ4v) is 1.85. The van der Waals surface area contributed by atoms with Crippen LogP contribution >= 0.6 is 0 Å². The van der Waals surface area contributed by atoms with Crippen LogP contribution in [0.1, 0.15) is 19.3 Å². The van der Waals surface area contributed by atoms with E-state index < -0.39 is 5.97 Å². The maximum absolute atomic E-state index is 10.7. The highest BCUT2D eigenvalue weighted by atomic mass is 16.4. The van der Waals surface area contributed by atoms with Gasteiger partial charge in [-0.15, -0.1) is 0 Å². The Morgan fingerprint density at radius 3 is 2.45 bits per heavy atom. The van der Waals surface area contributed by atoms with Crippen molar-refractivity contribution in [2.45, 2.75) is 25.3 Å². The molecule has 1 rings (SSSR count). The predicted molar refractivity (Wildman–Crippen MR) is 42.5 cm³/mol. The first-order chi connectivity index (χ1) is 5.13. The van der Waals surface area contributed by atoms with E-state index in [2.05, 4.69) is 0 Å². The number of carboxylic acids is 1. The fraction of sp³-hybridized carbons (Fsp3) is 0.875. The largest absolute Gasteiger partial charge is 0.481 e. The van der Waals surface area contributed by atoms with Crippen molar-refractivity contribution < 1.29 is 9.90 Å². The topological polar surface area (TPSA) is 40.5 Å². The van der Waals surface area contributed by atoms with Crippen molar-refractivity contribution in [1.82, 2.24) is 4.90 Å². The molecule has 11 heavy (non-hydrogen) atoms. The molecule has 64 valence electrons. The van der Waals surface area contributed by atoms with Gasteiger partial charge in [0.15, 0.2) is 0 Å². The molecule has 0 unspecified atom stereocenters. The van der Waals surface area contributed by atoms with Crippen LogP contribution in [0.25, 0.3) is 0 Å². The Bertz CT molecular complexity index is 156. The molecule has 0 saturated heterocycles. The van der Waals surface area contributed by atoms with Gasteiger partial charge in [-0.3, -0.25) is 4.79 Å². The van der Waals surface area contributed by atoms with Crippen LogP contribution in [0.2, 0.25) is 0 Å². The summed E-state index contributed by atoms with van der Waals surface area (Å²) in [6.45, 7) is 0. The summed E-state index contributed by atoms with van der Waals surface area (Å²) < 4.78 is 0. The molecular weight excluding hydrogens is 142 g/mol. The van der Waals surface area contributed by atoms with E-state index in [1.54, 1.807) is 0 Å². The first kappa shape index (κ1) is 8.53. The molecule has 1 N–H and O–H groups in total. The Morgan fingerprint density at radius 2 is 2.09 bits per heavy atom. The molecule has 2 atom stereocenters. The molecule has 0 aromatic carbocycles. The summed E-state index contributed by atoms with van der Waals surface area (Å²) in [5.41, 5.74) is 0. The van der Waals surface area contributed by atoms with Crippen LogP contribution in [-0.2, 0) is 4.79 Å². The van der Waals surface area contributed by atoms with Gasteiger partial charge in [-0.05, 0) is 26.9 Å². The highest BCUT2D eigenvalue weighted by Crippen LogP contribution is 2.28. The summed E-state index contributed by atoms with van der Waals surface area (Å²) >= 11 is 0. The number of hydrogen-bond donors (Lipinski definition) is 1. The van der Waals surface area contributed by atoms with Gasteiger partial charge in [0.2, 0.25) is 0 Å². The normalized spacial score (nSPS) is 31.2. The molecule has 1 aliphatic carbocycles. The van der Waals surface area contributed by atoms with Gasteiger partial charge >= 0.3 is 5.97 Å². The Hall–Kier alpha value is -0.570. The van der Waals surface area contributed by atoms with Crippen molar-refractivity contribution in [2.75, 3.05) is 14.1 Å². The van der Waals surface area contributed by atoms with E-state index in [1.807, 2.05) is 19.0 Å². The minimum absolute atomic E-state index is 0.134. The van der Waals surface area contributed by atoms with Crippen molar-refractivity contribution in [3.63, 3.8) is 0 Å². The number of hydrogen-bond acceptors (Lipinski definition) is 2. The van der Waals surface area contributed by atoms with E-state index in [0.717, 1.165) is 19.3 Å². The maximum atomic E-state index is 10.7. The average molecular weight is 157 g/mol. The first-order valence-corrected chi connectivity index (χ1v) is 4.02. The second kappa shape index (κ2) is 3.22. The molecule has 0 aromatic rings. The summed E-state index contributed by atoms with van der Waals surface area (Å²) in [4.78, 5) is 12.7. The lowest BCUT2D eigenvalue weighted by molar-refractivity contribution is -0.143. The summed E-state index contributed by atoms with van der Waals surface area (Å²) in [7, 11) is 3.90. The minimum Gasteiger partial charge on any atom is -0.481 e. The maximum Gasteiger partial charge on any atom is 0.308 e. The van der Waals surface area contributed by atoms with Gasteiger partial charge in [0.1, 0.15) is 0 Å². The van der Waals surface area contributed by atoms with Crippen LogP contribution in [0.5, 0.6) is 0 Å². The third kappa shape index (κ3) is 1.71. The lowest BCUT2D eigenvalue weighted by Gasteiger charge is -2.22. The van der Waals surface area contributed by atoms with Gasteiger partial charge in [0.05, 0.1) is 5.92 Å². The zero-order valence-electron chi connectivity index (χ0n) is 7.08. The van der Waals surface area contributed by atoms with Crippen molar-refractivity contribution >= 4 is 5.97 Å². The van der Waals surface area contributed by atoms with Crippen molar-refractivity contribution in [2.24, 2.45) is 5.92 Å². The predicted octanol–water partition coefficient (Wildman–Crippen LogP) is 0.801. The van der Waals surface area contributed by atoms with E-state index in [0.29, 0.717) is 0 Å². The Morgan fingerprint density at radius 1 is 1.45 bits per heavy atom. The molecule has 0 radical (unpaired) electrons. The van der Waals surface area contributed by atoms with Crippen LogP contribution in [0.15, 0.2) is 0 Å². The van der Waals surface area contributed by atoms with Gasteiger partial charge in [0, 0.05) is 6.04 Å². The van der Waals surface area contributed by atoms with Gasteiger partial charge in [-0.2, -0.15) is 0 Å². The average Bonchev–Trinajstić information content (AvgIpc) is 2.32. The molecule has 0 aliphatic heterocycles. The van der Waals surface area contributed by atoms with E-state index in [4.69, 9.17) is 5.11 Å². The lowest BCUT2D eigenvalue weighted by atomic mass is 10.0. The Balaban J connectivity index is 2.58. The Kier molecular flexibility index (Phi) is 2.49. The summed E-state index contributed by atoms with van der Waals surface area (Å²) in [6.07, 6.45) is 2.93. The van der Waals surface area contributed by atoms with E-state index in [9.17, 15) is 4.79 Å². The molecule has 1 aliphatic rings. The molecule has 0 amide bonds. The van der Waals surface area contributed by atoms with Crippen LogP contribution in [-0.4, -0.2) is 36.1 Å². The molecule has 0 aromatic heterocycles. The van der Waals surface area contributed by atoms with Crippen LogP contribution in [0.3, 0.4) is 0 Å². The summed E-state index contributed by atoms with van der Waals surface area (Å²) in [5.74, 6) is -0.772. The minimum atomic E-state index is -0.638. The van der Waals surface area contributed by atoms with Crippen molar-refractivity contribution in [3.8, 4) is 0 Å². The molecule has 3 heteroatoms. The second-order valence-electron chi connectivity index (χ2n) is 3.41. The smallest absolute Gasteiger partial charge is 0.308 e. The van der Waals surface area contributed by atoms with Crippen molar-refractivity contribution in [3.05, 3.63) is 0 Å². The SMILES string of the molecule is CN(C)[C@H]1CCC[C@H]1C(=O)O. The second-order valence-corrected chi connectivity index (χ2v) is 3.41. The zero-order valence-corrected chi connectivity index (χ0v) is 7.08. The summed E-state index contributed by atoms with van der Waals surface area (Å²) in [5, 5.41) is 8.81. The zero-order chi connectivity index (χ0) is 8.43. The van der Waals surface area contributed by atoms with Gasteiger partial charge < -0.3 is 10.0 Å². The van der Waals surface area contributed by atoms with Gasteiger partial charge in [-0.1, -0.05) is 6.42 Å². The molecule has 0 spiro atoms. The number of carboxylic acid groups (broad SMARTS) is 1. The van der Waals surface area contributed by atoms with Crippen LogP contribution < -0.4 is 0 Å². The number of nitrogens with zero attached hydrogens (tertiary/aromatic N) is 1. The molecule has 1 fully saturated rings. The van der Waals surface area contributed by atoms with E-state index in [-0.39, 0.29) is 12.0 Å². The molecule has 0 heterocycles. The number of carbonyl (C=O) groups is 1. The highest BCUT2D eigenvalue weighted by Gasteiger charge is 2.33. The van der Waals surface area contributed by atoms with Crippen LogP contribution in [0.4, 0.5) is 0 Å². The molecular formula is C8H15NO2. The van der Waals surface area contributed by atoms with E-state index >= 15 is 0 Å². The number of aliphatic carboxylic acids is 1. The molecule has 1 saturated carbocycles.